The van der Waals surface area contributed by atoms with Crippen LogP contribution < -0.4 is 10.6 Å². The molecule has 0 heterocycles. The Bertz CT molecular complexity index is 535. The van der Waals surface area contributed by atoms with E-state index in [0.29, 0.717) is 18.7 Å². The van der Waals surface area contributed by atoms with Gasteiger partial charge in [-0.2, -0.15) is 0 Å². The number of hydrogen-bond acceptors (Lipinski definition) is 3. The van der Waals surface area contributed by atoms with Crippen LogP contribution in [0.3, 0.4) is 0 Å². The van der Waals surface area contributed by atoms with Crippen LogP contribution in [0.1, 0.15) is 27.2 Å². The molecule has 2 rings (SSSR count). The quantitative estimate of drug-likeness (QED) is 0.923. The summed E-state index contributed by atoms with van der Waals surface area (Å²) in [6.07, 6.45) is 0.483. The van der Waals surface area contributed by atoms with Crippen LogP contribution in [0.4, 0.5) is 10.1 Å². The van der Waals surface area contributed by atoms with E-state index in [1.54, 1.807) is 19.2 Å². The van der Waals surface area contributed by atoms with Gasteiger partial charge < -0.3 is 15.4 Å². The second-order valence-electron chi connectivity index (χ2n) is 6.18. The number of likely N-dealkylation sites (N-methyl/N-ethyl adjacent to an activating group) is 1. The average Bonchev–Trinajstić information content (AvgIpc) is 2.46. The first-order chi connectivity index (χ1) is 9.74. The average molecular weight is 331 g/mol. The first kappa shape index (κ1) is 18.9. The zero-order chi connectivity index (χ0) is 15.8. The summed E-state index contributed by atoms with van der Waals surface area (Å²) in [6, 6.07) is 5.80. The van der Waals surface area contributed by atoms with Gasteiger partial charge in [-0.05, 0) is 31.2 Å². The number of carbonyl (C=O) groups is 1. The third-order valence-corrected chi connectivity index (χ3v) is 4.73. The molecular formula is C16H24ClFN2O2. The van der Waals surface area contributed by atoms with E-state index in [0.717, 1.165) is 0 Å². The zero-order valence-electron chi connectivity index (χ0n) is 13.4. The van der Waals surface area contributed by atoms with Crippen LogP contribution in [-0.4, -0.2) is 31.2 Å². The van der Waals surface area contributed by atoms with E-state index in [4.69, 9.17) is 10.5 Å². The fourth-order valence-electron chi connectivity index (χ4n) is 2.88. The van der Waals surface area contributed by atoms with Gasteiger partial charge in [0, 0.05) is 31.2 Å². The summed E-state index contributed by atoms with van der Waals surface area (Å²) in [5.74, 6) is -0.502. The standard InChI is InChI=1S/C16H23FN2O2.ClH/c1-5-21-13-10-16(18,15(13,2)3)14(20)19(4)12-8-6-11(17)7-9-12;/h6-9,13H,5,10,18H2,1-4H3;1H. The van der Waals surface area contributed by atoms with Crippen molar-refractivity contribution in [1.82, 2.24) is 0 Å². The van der Waals surface area contributed by atoms with Crippen molar-refractivity contribution in [2.24, 2.45) is 11.1 Å². The number of nitrogens with zero attached hydrogens (tertiary/aromatic N) is 1. The minimum Gasteiger partial charge on any atom is -0.378 e. The van der Waals surface area contributed by atoms with E-state index in [2.05, 4.69) is 0 Å². The number of nitrogens with two attached hydrogens (primary N) is 1. The van der Waals surface area contributed by atoms with Crippen molar-refractivity contribution in [2.75, 3.05) is 18.6 Å². The molecule has 4 nitrogen and oxygen atoms in total. The summed E-state index contributed by atoms with van der Waals surface area (Å²) in [5.41, 5.74) is 5.60. The van der Waals surface area contributed by atoms with Gasteiger partial charge in [0.1, 0.15) is 11.4 Å². The summed E-state index contributed by atoms with van der Waals surface area (Å²) in [4.78, 5) is 14.2. The molecule has 22 heavy (non-hydrogen) atoms. The fraction of sp³-hybridized carbons (Fsp3) is 0.562. The van der Waals surface area contributed by atoms with E-state index in [9.17, 15) is 9.18 Å². The molecule has 1 aliphatic carbocycles. The van der Waals surface area contributed by atoms with E-state index in [-0.39, 0.29) is 30.2 Å². The summed E-state index contributed by atoms with van der Waals surface area (Å²) in [5, 5.41) is 0. The maximum absolute atomic E-state index is 13.0. The molecule has 1 aromatic carbocycles. The fourth-order valence-corrected chi connectivity index (χ4v) is 2.88. The van der Waals surface area contributed by atoms with E-state index in [1.807, 2.05) is 20.8 Å². The number of halogens is 2. The number of anilines is 1. The van der Waals surface area contributed by atoms with Crippen LogP contribution in [0.25, 0.3) is 0 Å². The maximum Gasteiger partial charge on any atom is 0.247 e. The van der Waals surface area contributed by atoms with Crippen LogP contribution in [0, 0.1) is 11.2 Å². The molecule has 0 bridgehead atoms. The summed E-state index contributed by atoms with van der Waals surface area (Å²) in [6.45, 7) is 6.44. The number of amides is 1. The molecule has 1 saturated carbocycles. The van der Waals surface area contributed by atoms with E-state index < -0.39 is 11.0 Å². The highest BCUT2D eigenvalue weighted by molar-refractivity contribution is 6.01. The smallest absolute Gasteiger partial charge is 0.247 e. The Morgan fingerprint density at radius 3 is 2.41 bits per heavy atom. The molecule has 124 valence electrons. The van der Waals surface area contributed by atoms with Gasteiger partial charge in [0.2, 0.25) is 5.91 Å². The minimum absolute atomic E-state index is 0. The first-order valence-corrected chi connectivity index (χ1v) is 7.18. The molecule has 1 fully saturated rings. The van der Waals surface area contributed by atoms with Crippen LogP contribution in [-0.2, 0) is 9.53 Å². The number of benzene rings is 1. The maximum atomic E-state index is 13.0. The first-order valence-electron chi connectivity index (χ1n) is 7.18. The largest absolute Gasteiger partial charge is 0.378 e. The number of ether oxygens (including phenoxy) is 1. The zero-order valence-corrected chi connectivity index (χ0v) is 14.2. The van der Waals surface area contributed by atoms with Crippen molar-refractivity contribution >= 4 is 24.0 Å². The van der Waals surface area contributed by atoms with Crippen molar-refractivity contribution < 1.29 is 13.9 Å². The second-order valence-corrected chi connectivity index (χ2v) is 6.18. The SMILES string of the molecule is CCOC1CC(N)(C(=O)N(C)c2ccc(F)cc2)C1(C)C.Cl. The molecular weight excluding hydrogens is 307 g/mol. The number of hydrogen-bond donors (Lipinski definition) is 1. The number of rotatable bonds is 4. The van der Waals surface area contributed by atoms with Crippen molar-refractivity contribution in [1.29, 1.82) is 0 Å². The van der Waals surface area contributed by atoms with Crippen molar-refractivity contribution in [3.63, 3.8) is 0 Å². The Balaban J connectivity index is 0.00000242. The molecule has 2 atom stereocenters. The van der Waals surface area contributed by atoms with Crippen LogP contribution >= 0.6 is 12.4 Å². The van der Waals surface area contributed by atoms with Gasteiger partial charge in [-0.3, -0.25) is 4.79 Å². The Kier molecular flexibility index (Phi) is 5.60. The molecule has 1 amide bonds. The van der Waals surface area contributed by atoms with E-state index in [1.165, 1.54) is 17.0 Å². The van der Waals surface area contributed by atoms with Crippen molar-refractivity contribution in [2.45, 2.75) is 38.8 Å². The highest BCUT2D eigenvalue weighted by atomic mass is 35.5. The molecule has 0 radical (unpaired) electrons. The van der Waals surface area contributed by atoms with Gasteiger partial charge in [0.15, 0.2) is 0 Å². The highest BCUT2D eigenvalue weighted by Gasteiger charge is 2.63. The molecule has 1 aromatic rings. The molecule has 0 aromatic heterocycles. The summed E-state index contributed by atoms with van der Waals surface area (Å²) >= 11 is 0. The lowest BCUT2D eigenvalue weighted by Crippen LogP contribution is -2.75. The predicted octanol–water partition coefficient (Wildman–Crippen LogP) is 2.74. The Morgan fingerprint density at radius 2 is 1.95 bits per heavy atom. The third-order valence-electron chi connectivity index (χ3n) is 4.73. The van der Waals surface area contributed by atoms with Gasteiger partial charge in [-0.15, -0.1) is 12.4 Å². The summed E-state index contributed by atoms with van der Waals surface area (Å²) in [7, 11) is 1.66. The Labute approximate surface area is 137 Å². The summed E-state index contributed by atoms with van der Waals surface area (Å²) < 4.78 is 18.6. The second kappa shape index (κ2) is 6.52. The van der Waals surface area contributed by atoms with Gasteiger partial charge in [-0.25, -0.2) is 4.39 Å². The predicted molar refractivity (Wildman–Crippen MR) is 87.8 cm³/mol. The molecule has 1 aliphatic rings. The normalized spacial score (nSPS) is 25.8. The lowest BCUT2D eigenvalue weighted by Gasteiger charge is -2.58. The Hall–Kier alpha value is -1.17. The molecule has 0 saturated heterocycles. The van der Waals surface area contributed by atoms with Gasteiger partial charge >= 0.3 is 0 Å². The molecule has 0 aliphatic heterocycles. The molecule has 0 spiro atoms. The van der Waals surface area contributed by atoms with Gasteiger partial charge in [-0.1, -0.05) is 13.8 Å². The lowest BCUT2D eigenvalue weighted by atomic mass is 9.54. The van der Waals surface area contributed by atoms with Gasteiger partial charge in [0.05, 0.1) is 6.10 Å². The van der Waals surface area contributed by atoms with E-state index >= 15 is 0 Å². The molecule has 2 unspecified atom stereocenters. The van der Waals surface area contributed by atoms with Crippen LogP contribution in [0.15, 0.2) is 24.3 Å². The van der Waals surface area contributed by atoms with Crippen molar-refractivity contribution in [3.8, 4) is 0 Å². The molecule has 6 heteroatoms. The highest BCUT2D eigenvalue weighted by Crippen LogP contribution is 2.50. The monoisotopic (exact) mass is 330 g/mol. The van der Waals surface area contributed by atoms with Crippen LogP contribution in [0.2, 0.25) is 0 Å². The topological polar surface area (TPSA) is 55.6 Å². The number of carbonyl (C=O) groups excluding carboxylic acids is 1. The minimum atomic E-state index is -0.962. The lowest BCUT2D eigenvalue weighted by molar-refractivity contribution is -0.168. The van der Waals surface area contributed by atoms with Crippen LogP contribution in [0.5, 0.6) is 0 Å². The van der Waals surface area contributed by atoms with Crippen molar-refractivity contribution in [3.05, 3.63) is 30.1 Å². The third kappa shape index (κ3) is 2.85. The van der Waals surface area contributed by atoms with Gasteiger partial charge in [0.25, 0.3) is 0 Å². The molecule has 2 N–H and O–H groups in total. The Morgan fingerprint density at radius 1 is 1.41 bits per heavy atom.